The van der Waals surface area contributed by atoms with E-state index in [0.717, 1.165) is 22.3 Å². The predicted molar refractivity (Wildman–Crippen MR) is 106 cm³/mol. The fourth-order valence-electron chi connectivity index (χ4n) is 3.32. The Kier molecular flexibility index (Phi) is 4.72. The van der Waals surface area contributed by atoms with E-state index in [1.807, 2.05) is 45.2 Å². The standard InChI is InChI=1S/C21H25N3O2/c1-13(2)12-24-10-9-17-16(21(24)26)11-18(23(17)5)20(25)22-19-14(3)7-6-8-15(19)4/h6-11,13H,12H2,1-5H3,(H,22,25). The number of para-hydroxylation sites is 1. The molecule has 0 aliphatic carbocycles. The molecule has 0 saturated heterocycles. The van der Waals surface area contributed by atoms with Crippen LogP contribution in [-0.4, -0.2) is 15.0 Å². The number of aryl methyl sites for hydroxylation is 3. The number of nitrogens with zero attached hydrogens (tertiary/aromatic N) is 2. The molecular formula is C21H25N3O2. The van der Waals surface area contributed by atoms with Gasteiger partial charge < -0.3 is 14.5 Å². The quantitative estimate of drug-likeness (QED) is 0.776. The maximum Gasteiger partial charge on any atom is 0.272 e. The number of aromatic nitrogens is 2. The summed E-state index contributed by atoms with van der Waals surface area (Å²) in [7, 11) is 1.81. The van der Waals surface area contributed by atoms with Crippen LogP contribution in [0.25, 0.3) is 10.9 Å². The van der Waals surface area contributed by atoms with Gasteiger partial charge in [-0.05, 0) is 43.0 Å². The number of nitrogens with one attached hydrogen (secondary N) is 1. The summed E-state index contributed by atoms with van der Waals surface area (Å²) in [4.78, 5) is 25.6. The molecule has 0 aliphatic heterocycles. The zero-order chi connectivity index (χ0) is 19.0. The number of hydrogen-bond acceptors (Lipinski definition) is 2. The lowest BCUT2D eigenvalue weighted by Crippen LogP contribution is -2.21. The van der Waals surface area contributed by atoms with Crippen molar-refractivity contribution in [3.63, 3.8) is 0 Å². The number of anilines is 1. The van der Waals surface area contributed by atoms with Gasteiger partial charge in [-0.2, -0.15) is 0 Å². The number of carbonyl (C=O) groups is 1. The number of benzene rings is 1. The first-order valence-electron chi connectivity index (χ1n) is 8.86. The van der Waals surface area contributed by atoms with E-state index in [2.05, 4.69) is 19.2 Å². The molecule has 0 atom stereocenters. The average Bonchev–Trinajstić information content (AvgIpc) is 2.91. The number of pyridine rings is 1. The van der Waals surface area contributed by atoms with E-state index >= 15 is 0 Å². The van der Waals surface area contributed by atoms with Crippen LogP contribution < -0.4 is 10.9 Å². The lowest BCUT2D eigenvalue weighted by Gasteiger charge is -2.12. The topological polar surface area (TPSA) is 56.0 Å². The third kappa shape index (κ3) is 3.17. The summed E-state index contributed by atoms with van der Waals surface area (Å²) in [6, 6.07) is 9.49. The van der Waals surface area contributed by atoms with Crippen LogP contribution in [0.2, 0.25) is 0 Å². The Balaban J connectivity index is 2.03. The van der Waals surface area contributed by atoms with E-state index in [1.54, 1.807) is 21.4 Å². The highest BCUT2D eigenvalue weighted by Gasteiger charge is 2.17. The summed E-state index contributed by atoms with van der Waals surface area (Å²) in [6.07, 6.45) is 1.80. The molecule has 2 heterocycles. The van der Waals surface area contributed by atoms with Gasteiger partial charge in [0.05, 0.1) is 10.9 Å². The van der Waals surface area contributed by atoms with Crippen LogP contribution in [0.4, 0.5) is 5.69 Å². The fourth-order valence-corrected chi connectivity index (χ4v) is 3.32. The summed E-state index contributed by atoms with van der Waals surface area (Å²) >= 11 is 0. The third-order valence-corrected chi connectivity index (χ3v) is 4.70. The molecule has 0 spiro atoms. The van der Waals surface area contributed by atoms with E-state index in [1.165, 1.54) is 0 Å². The summed E-state index contributed by atoms with van der Waals surface area (Å²) in [6.45, 7) is 8.74. The SMILES string of the molecule is Cc1cccc(C)c1NC(=O)c1cc2c(=O)n(CC(C)C)ccc2n1C. The summed E-state index contributed by atoms with van der Waals surface area (Å²) in [5.41, 5.74) is 4.02. The molecule has 136 valence electrons. The Bertz CT molecular complexity index is 1020. The lowest BCUT2D eigenvalue weighted by atomic mass is 10.1. The van der Waals surface area contributed by atoms with Crippen molar-refractivity contribution in [3.05, 3.63) is 63.7 Å². The minimum absolute atomic E-state index is 0.0575. The Morgan fingerprint density at radius 3 is 2.42 bits per heavy atom. The summed E-state index contributed by atoms with van der Waals surface area (Å²) in [5.74, 6) is 0.163. The molecule has 0 unspecified atom stereocenters. The van der Waals surface area contributed by atoms with Crippen molar-refractivity contribution in [2.24, 2.45) is 13.0 Å². The zero-order valence-corrected chi connectivity index (χ0v) is 16.0. The van der Waals surface area contributed by atoms with Gasteiger partial charge in [0.15, 0.2) is 0 Å². The summed E-state index contributed by atoms with van der Waals surface area (Å²) in [5, 5.41) is 3.57. The second-order valence-electron chi connectivity index (χ2n) is 7.28. The van der Waals surface area contributed by atoms with E-state index < -0.39 is 0 Å². The monoisotopic (exact) mass is 351 g/mol. The number of fused-ring (bicyclic) bond motifs is 1. The molecule has 0 saturated carbocycles. The minimum Gasteiger partial charge on any atom is -0.339 e. The van der Waals surface area contributed by atoms with Crippen LogP contribution in [-0.2, 0) is 13.6 Å². The normalized spacial score (nSPS) is 11.3. The molecule has 2 aromatic heterocycles. The largest absolute Gasteiger partial charge is 0.339 e. The van der Waals surface area contributed by atoms with Gasteiger partial charge in [0.25, 0.3) is 11.5 Å². The van der Waals surface area contributed by atoms with E-state index in [-0.39, 0.29) is 11.5 Å². The lowest BCUT2D eigenvalue weighted by molar-refractivity contribution is 0.101. The molecule has 0 aliphatic rings. The molecule has 1 aromatic carbocycles. The van der Waals surface area contributed by atoms with Crippen molar-refractivity contribution >= 4 is 22.5 Å². The van der Waals surface area contributed by atoms with Crippen LogP contribution in [0.15, 0.2) is 41.3 Å². The van der Waals surface area contributed by atoms with Crippen molar-refractivity contribution in [1.29, 1.82) is 0 Å². The van der Waals surface area contributed by atoms with E-state index in [9.17, 15) is 9.59 Å². The molecule has 3 rings (SSSR count). The van der Waals surface area contributed by atoms with Crippen molar-refractivity contribution < 1.29 is 4.79 Å². The summed E-state index contributed by atoms with van der Waals surface area (Å²) < 4.78 is 3.49. The highest BCUT2D eigenvalue weighted by atomic mass is 16.2. The zero-order valence-electron chi connectivity index (χ0n) is 16.0. The molecule has 0 radical (unpaired) electrons. The molecular weight excluding hydrogens is 326 g/mol. The van der Waals surface area contributed by atoms with Gasteiger partial charge in [0, 0.05) is 25.5 Å². The van der Waals surface area contributed by atoms with Crippen molar-refractivity contribution in [1.82, 2.24) is 9.13 Å². The van der Waals surface area contributed by atoms with E-state index in [4.69, 9.17) is 0 Å². The Labute approximate surface area is 153 Å². The molecule has 0 fully saturated rings. The molecule has 1 amide bonds. The average molecular weight is 351 g/mol. The van der Waals surface area contributed by atoms with Gasteiger partial charge >= 0.3 is 0 Å². The first kappa shape index (κ1) is 18.0. The third-order valence-electron chi connectivity index (χ3n) is 4.70. The fraction of sp³-hybridized carbons (Fsp3) is 0.333. The second-order valence-corrected chi connectivity index (χ2v) is 7.28. The van der Waals surface area contributed by atoms with Gasteiger partial charge in [-0.3, -0.25) is 9.59 Å². The number of amides is 1. The van der Waals surface area contributed by atoms with Crippen LogP contribution >= 0.6 is 0 Å². The molecule has 5 nitrogen and oxygen atoms in total. The van der Waals surface area contributed by atoms with Crippen LogP contribution in [0, 0.1) is 19.8 Å². The van der Waals surface area contributed by atoms with Crippen LogP contribution in [0.5, 0.6) is 0 Å². The van der Waals surface area contributed by atoms with Crippen LogP contribution in [0.1, 0.15) is 35.5 Å². The van der Waals surface area contributed by atoms with Gasteiger partial charge in [-0.15, -0.1) is 0 Å². The van der Waals surface area contributed by atoms with E-state index in [0.29, 0.717) is 23.5 Å². The highest BCUT2D eigenvalue weighted by Crippen LogP contribution is 2.22. The second kappa shape index (κ2) is 6.83. The van der Waals surface area contributed by atoms with Crippen molar-refractivity contribution in [2.75, 3.05) is 5.32 Å². The maximum atomic E-state index is 12.8. The van der Waals surface area contributed by atoms with Gasteiger partial charge in [-0.25, -0.2) is 0 Å². The van der Waals surface area contributed by atoms with Crippen molar-refractivity contribution in [3.8, 4) is 0 Å². The maximum absolute atomic E-state index is 12.8. The van der Waals surface area contributed by atoms with Gasteiger partial charge in [0.1, 0.15) is 5.69 Å². The molecule has 0 bridgehead atoms. The number of carbonyl (C=O) groups excluding carboxylic acids is 1. The van der Waals surface area contributed by atoms with Crippen LogP contribution in [0.3, 0.4) is 0 Å². The number of rotatable bonds is 4. The minimum atomic E-state index is -0.212. The Hall–Kier alpha value is -2.82. The Morgan fingerprint density at radius 1 is 1.15 bits per heavy atom. The number of hydrogen-bond donors (Lipinski definition) is 1. The molecule has 3 aromatic rings. The first-order valence-corrected chi connectivity index (χ1v) is 8.86. The molecule has 5 heteroatoms. The molecule has 26 heavy (non-hydrogen) atoms. The highest BCUT2D eigenvalue weighted by molar-refractivity contribution is 6.06. The predicted octanol–water partition coefficient (Wildman–Crippen LogP) is 3.87. The first-order chi connectivity index (χ1) is 12.3. The van der Waals surface area contributed by atoms with Gasteiger partial charge in [-0.1, -0.05) is 32.0 Å². The smallest absolute Gasteiger partial charge is 0.272 e. The van der Waals surface area contributed by atoms with Gasteiger partial charge in [0.2, 0.25) is 0 Å². The van der Waals surface area contributed by atoms with Crippen molar-refractivity contribution in [2.45, 2.75) is 34.2 Å². The molecule has 1 N–H and O–H groups in total. The Morgan fingerprint density at radius 2 is 1.81 bits per heavy atom.